The molecule has 4 aromatic heterocycles. The number of pyridine rings is 2. The lowest BCUT2D eigenvalue weighted by Gasteiger charge is -2.28. The number of ketones is 1. The smallest absolute Gasteiger partial charge is 0.178 e. The molecule has 1 aliphatic heterocycles. The van der Waals surface area contributed by atoms with Gasteiger partial charge in [-0.15, -0.1) is 0 Å². The lowest BCUT2D eigenvalue weighted by molar-refractivity contribution is -0.117. The molecule has 0 aliphatic carbocycles. The van der Waals surface area contributed by atoms with Crippen LogP contribution in [0.2, 0.25) is 0 Å². The number of hydrogen-bond donors (Lipinski definition) is 0. The van der Waals surface area contributed by atoms with Gasteiger partial charge >= 0.3 is 0 Å². The molecule has 1 aliphatic rings. The van der Waals surface area contributed by atoms with Crippen molar-refractivity contribution in [2.75, 3.05) is 31.2 Å². The Balaban J connectivity index is 1.43. The van der Waals surface area contributed by atoms with Gasteiger partial charge in [-0.2, -0.15) is 5.10 Å². The first-order chi connectivity index (χ1) is 18.7. The summed E-state index contributed by atoms with van der Waals surface area (Å²) >= 11 is 0. The second kappa shape index (κ2) is 10.5. The van der Waals surface area contributed by atoms with E-state index in [1.807, 2.05) is 71.5 Å². The molecule has 0 unspecified atom stereocenters. The fourth-order valence-corrected chi connectivity index (χ4v) is 4.75. The third-order valence-electron chi connectivity index (χ3n) is 6.74. The van der Waals surface area contributed by atoms with Crippen LogP contribution >= 0.6 is 0 Å². The Morgan fingerprint density at radius 3 is 2.68 bits per heavy atom. The second-order valence-electron chi connectivity index (χ2n) is 9.40. The van der Waals surface area contributed by atoms with Crippen molar-refractivity contribution in [1.82, 2.24) is 24.6 Å². The monoisotopic (exact) mass is 504 g/mol. The number of anilines is 1. The van der Waals surface area contributed by atoms with Gasteiger partial charge in [-0.05, 0) is 55.8 Å². The van der Waals surface area contributed by atoms with Gasteiger partial charge in [0.2, 0.25) is 0 Å². The number of hydrogen-bond acceptors (Lipinski definition) is 7. The van der Waals surface area contributed by atoms with Crippen LogP contribution in [0.4, 0.5) is 5.69 Å². The number of carbonyl (C=O) groups is 1. The highest BCUT2D eigenvalue weighted by Gasteiger charge is 2.20. The average Bonchev–Trinajstić information content (AvgIpc) is 3.34. The predicted octanol–water partition coefficient (Wildman–Crippen LogP) is 4.87. The maximum Gasteiger partial charge on any atom is 0.178 e. The Kier molecular flexibility index (Phi) is 6.62. The van der Waals surface area contributed by atoms with Crippen molar-refractivity contribution in [2.24, 2.45) is 0 Å². The third kappa shape index (κ3) is 4.90. The first kappa shape index (κ1) is 23.9. The van der Waals surface area contributed by atoms with Crippen LogP contribution in [0.25, 0.3) is 40.0 Å². The highest BCUT2D eigenvalue weighted by Crippen LogP contribution is 2.30. The number of rotatable bonds is 7. The van der Waals surface area contributed by atoms with Crippen molar-refractivity contribution in [3.63, 3.8) is 0 Å². The summed E-state index contributed by atoms with van der Waals surface area (Å²) in [5.74, 6) is 0.159. The zero-order chi connectivity index (χ0) is 25.9. The van der Waals surface area contributed by atoms with Gasteiger partial charge in [0.1, 0.15) is 11.5 Å². The minimum absolute atomic E-state index is 0.159. The van der Waals surface area contributed by atoms with E-state index >= 15 is 0 Å². The minimum atomic E-state index is 0.159. The molecular weight excluding hydrogens is 476 g/mol. The van der Waals surface area contributed by atoms with E-state index in [0.717, 1.165) is 63.7 Å². The molecule has 0 atom stereocenters. The Bertz CT molecular complexity index is 1630. The normalized spacial score (nSPS) is 14.1. The molecule has 1 aromatic carbocycles. The topological polar surface area (TPSA) is 85.5 Å². The summed E-state index contributed by atoms with van der Waals surface area (Å²) < 4.78 is 7.46. The lowest BCUT2D eigenvalue weighted by Crippen LogP contribution is -2.36. The van der Waals surface area contributed by atoms with Crippen LogP contribution in [0.5, 0.6) is 0 Å². The first-order valence-electron chi connectivity index (χ1n) is 12.8. The van der Waals surface area contributed by atoms with E-state index in [0.29, 0.717) is 26.1 Å². The Morgan fingerprint density at radius 2 is 1.87 bits per heavy atom. The van der Waals surface area contributed by atoms with E-state index in [-0.39, 0.29) is 5.78 Å². The summed E-state index contributed by atoms with van der Waals surface area (Å²) in [4.78, 5) is 28.2. The van der Waals surface area contributed by atoms with Gasteiger partial charge < -0.3 is 14.4 Å². The van der Waals surface area contributed by atoms with E-state index in [4.69, 9.17) is 14.7 Å². The van der Waals surface area contributed by atoms with E-state index in [1.165, 1.54) is 0 Å². The number of nitrogens with zero attached hydrogens (tertiary/aromatic N) is 6. The number of morpholine rings is 1. The predicted molar refractivity (Wildman–Crippen MR) is 149 cm³/mol. The molecule has 0 N–H and O–H groups in total. The fraction of sp³-hybridized carbons (Fsp3) is 0.233. The highest BCUT2D eigenvalue weighted by molar-refractivity contribution is 5.84. The van der Waals surface area contributed by atoms with E-state index < -0.39 is 0 Å². The summed E-state index contributed by atoms with van der Waals surface area (Å²) in [6.45, 7) is 4.59. The van der Waals surface area contributed by atoms with Gasteiger partial charge in [0.25, 0.3) is 0 Å². The molecule has 6 rings (SSSR count). The zero-order valence-electron chi connectivity index (χ0n) is 21.2. The molecule has 1 fully saturated rings. The number of aryl methyl sites for hydroxylation is 1. The molecule has 8 heteroatoms. The number of benzene rings is 1. The van der Waals surface area contributed by atoms with Crippen LogP contribution in [-0.4, -0.2) is 56.7 Å². The number of para-hydroxylation sites is 1. The van der Waals surface area contributed by atoms with Crippen molar-refractivity contribution in [3.8, 4) is 11.3 Å². The standard InChI is InChI=1S/C30H28N6O2/c1-21(37)6-9-24-10-8-23(20-31-24)29-27(13-12-25-11-7-22-4-2-3-5-26(22)33-25)34-30-28(14-15-32-36(29)30)35-16-18-38-19-17-35/h2-5,7-8,10-15,20H,6,9,16-19H2,1H3/b13-12+. The number of ether oxygens (including phenoxy) is 1. The molecule has 0 radical (unpaired) electrons. The molecule has 0 spiro atoms. The van der Waals surface area contributed by atoms with E-state index in [9.17, 15) is 4.79 Å². The zero-order valence-corrected chi connectivity index (χ0v) is 21.2. The maximum atomic E-state index is 11.4. The highest BCUT2D eigenvalue weighted by atomic mass is 16.5. The minimum Gasteiger partial charge on any atom is -0.378 e. The van der Waals surface area contributed by atoms with Gasteiger partial charge in [0.05, 0.1) is 42.0 Å². The molecule has 5 heterocycles. The van der Waals surface area contributed by atoms with Crippen LogP contribution in [0.15, 0.2) is 67.0 Å². The van der Waals surface area contributed by atoms with Crippen molar-refractivity contribution >= 4 is 40.2 Å². The Morgan fingerprint density at radius 1 is 1.00 bits per heavy atom. The SMILES string of the molecule is CC(=O)CCc1ccc(-c2c(/C=C/c3ccc4ccccc4n3)nc3c(N4CCOCC4)ccnn23)cn1. The molecule has 8 nitrogen and oxygen atoms in total. The molecule has 1 saturated heterocycles. The lowest BCUT2D eigenvalue weighted by atomic mass is 10.1. The Labute approximate surface area is 220 Å². The number of fused-ring (bicyclic) bond motifs is 2. The van der Waals surface area contributed by atoms with Gasteiger partial charge in [0, 0.05) is 42.4 Å². The molecule has 0 amide bonds. The molecular formula is C30H28N6O2. The largest absolute Gasteiger partial charge is 0.378 e. The van der Waals surface area contributed by atoms with Gasteiger partial charge in [0.15, 0.2) is 5.65 Å². The summed E-state index contributed by atoms with van der Waals surface area (Å²) in [6, 6.07) is 18.2. The molecule has 38 heavy (non-hydrogen) atoms. The van der Waals surface area contributed by atoms with Crippen LogP contribution in [0.3, 0.4) is 0 Å². The molecule has 0 saturated carbocycles. The third-order valence-corrected chi connectivity index (χ3v) is 6.74. The van der Waals surface area contributed by atoms with Crippen molar-refractivity contribution in [2.45, 2.75) is 19.8 Å². The summed E-state index contributed by atoms with van der Waals surface area (Å²) in [5.41, 5.74) is 7.05. The number of carbonyl (C=O) groups excluding carboxylic acids is 1. The quantitative estimate of drug-likeness (QED) is 0.313. The van der Waals surface area contributed by atoms with Gasteiger partial charge in [-0.1, -0.05) is 24.3 Å². The van der Waals surface area contributed by atoms with Crippen LogP contribution < -0.4 is 4.90 Å². The van der Waals surface area contributed by atoms with Crippen LogP contribution in [-0.2, 0) is 16.0 Å². The maximum absolute atomic E-state index is 11.4. The number of imidazole rings is 1. The van der Waals surface area contributed by atoms with Crippen molar-refractivity contribution in [3.05, 3.63) is 84.1 Å². The van der Waals surface area contributed by atoms with Crippen molar-refractivity contribution in [1.29, 1.82) is 0 Å². The van der Waals surface area contributed by atoms with E-state index in [1.54, 1.807) is 6.92 Å². The number of aromatic nitrogens is 5. The summed E-state index contributed by atoms with van der Waals surface area (Å²) in [5, 5.41) is 5.79. The van der Waals surface area contributed by atoms with Crippen LogP contribution in [0.1, 0.15) is 30.4 Å². The summed E-state index contributed by atoms with van der Waals surface area (Å²) in [7, 11) is 0. The van der Waals surface area contributed by atoms with Gasteiger partial charge in [-0.25, -0.2) is 14.5 Å². The molecule has 5 aromatic rings. The van der Waals surface area contributed by atoms with E-state index in [2.05, 4.69) is 27.1 Å². The summed E-state index contributed by atoms with van der Waals surface area (Å²) in [6.07, 6.45) is 8.75. The van der Waals surface area contributed by atoms with Gasteiger partial charge in [-0.3, -0.25) is 4.98 Å². The molecule has 190 valence electrons. The fourth-order valence-electron chi connectivity index (χ4n) is 4.75. The second-order valence-corrected chi connectivity index (χ2v) is 9.40. The average molecular weight is 505 g/mol. The van der Waals surface area contributed by atoms with Crippen molar-refractivity contribution < 1.29 is 9.53 Å². The first-order valence-corrected chi connectivity index (χ1v) is 12.8. The molecule has 0 bridgehead atoms. The number of Topliss-reactive ketones (excluding diaryl/α,β-unsaturated/α-hetero) is 1. The Hall–Kier alpha value is -4.43. The van der Waals surface area contributed by atoms with Crippen LogP contribution in [0, 0.1) is 0 Å².